The summed E-state index contributed by atoms with van der Waals surface area (Å²) in [4.78, 5) is 15.3. The topological polar surface area (TPSA) is 61.0 Å². The van der Waals surface area contributed by atoms with Gasteiger partial charge in [-0.1, -0.05) is 12.1 Å². The molecule has 0 N–H and O–H groups in total. The second kappa shape index (κ2) is 5.60. The molecule has 0 atom stereocenters. The van der Waals surface area contributed by atoms with E-state index in [2.05, 4.69) is 25.5 Å². The third kappa shape index (κ3) is 2.60. The number of fused-ring (bicyclic) bond motifs is 1. The molecule has 0 saturated heterocycles. The SMILES string of the molecule is Cc1nc2c(n1Cc1cccc([N+](=O)[O-])c1Br)CCCC2. The largest absolute Gasteiger partial charge is 0.328 e. The maximum atomic E-state index is 11.0. The van der Waals surface area contributed by atoms with Crippen molar-refractivity contribution in [1.29, 1.82) is 0 Å². The number of imidazole rings is 1. The molecule has 0 radical (unpaired) electrons. The van der Waals surface area contributed by atoms with Crippen molar-refractivity contribution in [1.82, 2.24) is 9.55 Å². The Morgan fingerprint density at radius 1 is 1.38 bits per heavy atom. The molecule has 0 unspecified atom stereocenters. The summed E-state index contributed by atoms with van der Waals surface area (Å²) in [6, 6.07) is 5.17. The van der Waals surface area contributed by atoms with Crippen LogP contribution in [0.1, 0.15) is 35.6 Å². The number of aryl methyl sites for hydroxylation is 2. The van der Waals surface area contributed by atoms with E-state index in [0.717, 1.165) is 24.2 Å². The molecule has 0 fully saturated rings. The van der Waals surface area contributed by atoms with Crippen molar-refractivity contribution in [2.75, 3.05) is 0 Å². The van der Waals surface area contributed by atoms with Gasteiger partial charge in [0, 0.05) is 11.8 Å². The number of nitro benzene ring substituents is 1. The van der Waals surface area contributed by atoms with Gasteiger partial charge in [-0.2, -0.15) is 0 Å². The molecule has 0 bridgehead atoms. The lowest BCUT2D eigenvalue weighted by atomic mass is 10.0. The zero-order valence-corrected chi connectivity index (χ0v) is 13.4. The van der Waals surface area contributed by atoms with Crippen LogP contribution in [0.5, 0.6) is 0 Å². The number of hydrogen-bond acceptors (Lipinski definition) is 3. The highest BCUT2D eigenvalue weighted by Gasteiger charge is 2.20. The highest BCUT2D eigenvalue weighted by Crippen LogP contribution is 2.30. The van der Waals surface area contributed by atoms with E-state index in [9.17, 15) is 10.1 Å². The third-order valence-corrected chi connectivity index (χ3v) is 4.92. The third-order valence-electron chi connectivity index (χ3n) is 4.01. The van der Waals surface area contributed by atoms with Crippen LogP contribution in [-0.2, 0) is 19.4 Å². The van der Waals surface area contributed by atoms with Crippen molar-refractivity contribution in [2.45, 2.75) is 39.2 Å². The highest BCUT2D eigenvalue weighted by molar-refractivity contribution is 9.10. The Morgan fingerprint density at radius 2 is 2.14 bits per heavy atom. The lowest BCUT2D eigenvalue weighted by Crippen LogP contribution is -2.11. The van der Waals surface area contributed by atoms with Crippen LogP contribution < -0.4 is 0 Å². The van der Waals surface area contributed by atoms with Crippen LogP contribution in [0.15, 0.2) is 22.7 Å². The van der Waals surface area contributed by atoms with Gasteiger partial charge < -0.3 is 4.57 Å². The summed E-state index contributed by atoms with van der Waals surface area (Å²) in [5.74, 6) is 0.986. The molecule has 1 aliphatic rings. The average Bonchev–Trinajstić information content (AvgIpc) is 2.77. The lowest BCUT2D eigenvalue weighted by Gasteiger charge is -2.15. The molecule has 0 amide bonds. The Balaban J connectivity index is 2.00. The monoisotopic (exact) mass is 349 g/mol. The van der Waals surface area contributed by atoms with Crippen LogP contribution in [0, 0.1) is 17.0 Å². The molecular formula is C15H16BrN3O2. The molecule has 110 valence electrons. The average molecular weight is 350 g/mol. The summed E-state index contributed by atoms with van der Waals surface area (Å²) < 4.78 is 2.76. The van der Waals surface area contributed by atoms with E-state index < -0.39 is 0 Å². The van der Waals surface area contributed by atoms with E-state index in [1.165, 1.54) is 30.3 Å². The van der Waals surface area contributed by atoms with Crippen molar-refractivity contribution < 1.29 is 4.92 Å². The van der Waals surface area contributed by atoms with Gasteiger partial charge in [-0.05, 0) is 54.1 Å². The number of nitrogens with zero attached hydrogens (tertiary/aromatic N) is 3. The van der Waals surface area contributed by atoms with Gasteiger partial charge >= 0.3 is 0 Å². The summed E-state index contributed by atoms with van der Waals surface area (Å²) in [5.41, 5.74) is 3.51. The molecule has 6 heteroatoms. The van der Waals surface area contributed by atoms with E-state index in [4.69, 9.17) is 0 Å². The van der Waals surface area contributed by atoms with Crippen molar-refractivity contribution in [3.8, 4) is 0 Å². The Bertz CT molecular complexity index is 709. The number of hydrogen-bond donors (Lipinski definition) is 0. The van der Waals surface area contributed by atoms with E-state index in [0.29, 0.717) is 11.0 Å². The minimum Gasteiger partial charge on any atom is -0.328 e. The molecule has 2 aromatic rings. The molecular weight excluding hydrogens is 334 g/mol. The van der Waals surface area contributed by atoms with Gasteiger partial charge in [0.05, 0.1) is 17.2 Å². The second-order valence-electron chi connectivity index (χ2n) is 5.35. The summed E-state index contributed by atoms with van der Waals surface area (Å²) in [6.07, 6.45) is 4.47. The van der Waals surface area contributed by atoms with Crippen LogP contribution in [0.25, 0.3) is 0 Å². The predicted octanol–water partition coefficient (Wildman–Crippen LogP) is 3.79. The van der Waals surface area contributed by atoms with Crippen LogP contribution in [-0.4, -0.2) is 14.5 Å². The maximum Gasteiger partial charge on any atom is 0.283 e. The van der Waals surface area contributed by atoms with Crippen LogP contribution in [0.4, 0.5) is 5.69 Å². The molecule has 0 spiro atoms. The number of nitro groups is 1. The summed E-state index contributed by atoms with van der Waals surface area (Å²) in [6.45, 7) is 2.63. The van der Waals surface area contributed by atoms with Crippen LogP contribution >= 0.6 is 15.9 Å². The van der Waals surface area contributed by atoms with Gasteiger partial charge in [0.2, 0.25) is 0 Å². The minimum atomic E-state index is -0.357. The smallest absolute Gasteiger partial charge is 0.283 e. The molecule has 1 aromatic carbocycles. The predicted molar refractivity (Wildman–Crippen MR) is 83.5 cm³/mol. The van der Waals surface area contributed by atoms with E-state index in [1.807, 2.05) is 13.0 Å². The zero-order chi connectivity index (χ0) is 15.0. The molecule has 1 aliphatic carbocycles. The molecule has 3 rings (SSSR count). The first-order chi connectivity index (χ1) is 10.1. The maximum absolute atomic E-state index is 11.0. The van der Waals surface area contributed by atoms with Gasteiger partial charge in [-0.25, -0.2) is 4.98 Å². The van der Waals surface area contributed by atoms with Crippen LogP contribution in [0.3, 0.4) is 0 Å². The lowest BCUT2D eigenvalue weighted by molar-refractivity contribution is -0.385. The van der Waals surface area contributed by atoms with Gasteiger partial charge in [0.1, 0.15) is 10.3 Å². The number of aromatic nitrogens is 2. The second-order valence-corrected chi connectivity index (χ2v) is 6.15. The first-order valence-electron chi connectivity index (χ1n) is 7.04. The molecule has 1 heterocycles. The highest BCUT2D eigenvalue weighted by atomic mass is 79.9. The Kier molecular flexibility index (Phi) is 3.80. The molecule has 1 aromatic heterocycles. The first kappa shape index (κ1) is 14.3. The Labute approximate surface area is 131 Å². The van der Waals surface area contributed by atoms with Crippen LogP contribution in [0.2, 0.25) is 0 Å². The minimum absolute atomic E-state index is 0.110. The normalized spacial score (nSPS) is 14.0. The Morgan fingerprint density at radius 3 is 2.90 bits per heavy atom. The fourth-order valence-electron chi connectivity index (χ4n) is 2.95. The van der Waals surface area contributed by atoms with Gasteiger partial charge in [0.15, 0.2) is 0 Å². The molecule has 0 saturated carbocycles. The summed E-state index contributed by atoms with van der Waals surface area (Å²) in [7, 11) is 0. The van der Waals surface area contributed by atoms with E-state index in [1.54, 1.807) is 6.07 Å². The van der Waals surface area contributed by atoms with Crippen molar-refractivity contribution in [2.24, 2.45) is 0 Å². The van der Waals surface area contributed by atoms with Crippen molar-refractivity contribution in [3.05, 3.63) is 55.6 Å². The summed E-state index contributed by atoms with van der Waals surface area (Å²) in [5, 5.41) is 11.0. The fourth-order valence-corrected chi connectivity index (χ4v) is 3.48. The van der Waals surface area contributed by atoms with Gasteiger partial charge in [-0.15, -0.1) is 0 Å². The number of halogens is 1. The Hall–Kier alpha value is -1.69. The molecule has 21 heavy (non-hydrogen) atoms. The van der Waals surface area contributed by atoms with Crippen molar-refractivity contribution in [3.63, 3.8) is 0 Å². The standard InChI is InChI=1S/C15H16BrN3O2/c1-10-17-12-6-2-3-7-13(12)18(10)9-11-5-4-8-14(15(11)16)19(20)21/h4-5,8H,2-3,6-7,9H2,1H3. The quantitative estimate of drug-likeness (QED) is 0.625. The molecule has 5 nitrogen and oxygen atoms in total. The van der Waals surface area contributed by atoms with Gasteiger partial charge in [-0.3, -0.25) is 10.1 Å². The van der Waals surface area contributed by atoms with Crippen molar-refractivity contribution >= 4 is 21.6 Å². The summed E-state index contributed by atoms with van der Waals surface area (Å²) >= 11 is 3.37. The van der Waals surface area contributed by atoms with E-state index >= 15 is 0 Å². The zero-order valence-electron chi connectivity index (χ0n) is 11.8. The molecule has 0 aliphatic heterocycles. The fraction of sp³-hybridized carbons (Fsp3) is 0.400. The van der Waals surface area contributed by atoms with E-state index in [-0.39, 0.29) is 10.6 Å². The first-order valence-corrected chi connectivity index (χ1v) is 7.84. The van der Waals surface area contributed by atoms with Gasteiger partial charge in [0.25, 0.3) is 5.69 Å². The number of rotatable bonds is 3. The number of benzene rings is 1.